The summed E-state index contributed by atoms with van der Waals surface area (Å²) in [5.41, 5.74) is 4.22. The van der Waals surface area contributed by atoms with E-state index < -0.39 is 0 Å². The third-order valence-electron chi connectivity index (χ3n) is 4.67. The molecule has 0 saturated carbocycles. The summed E-state index contributed by atoms with van der Waals surface area (Å²) in [7, 11) is 3.44. The number of hydrogen-bond acceptors (Lipinski definition) is 4. The Balaban J connectivity index is 1.91. The summed E-state index contributed by atoms with van der Waals surface area (Å²) in [6.45, 7) is 8.48. The normalized spacial score (nSPS) is 11.2. The highest BCUT2D eigenvalue weighted by molar-refractivity contribution is 5.98. The fraction of sp³-hybridized carbons (Fsp3) is 0.381. The lowest BCUT2D eigenvalue weighted by Crippen LogP contribution is -2.27. The summed E-state index contributed by atoms with van der Waals surface area (Å²) in [6, 6.07) is 8.08. The van der Waals surface area contributed by atoms with Crippen LogP contribution in [-0.4, -0.2) is 39.7 Å². The fourth-order valence-electron chi connectivity index (χ4n) is 3.22. The minimum absolute atomic E-state index is 0.0669. The van der Waals surface area contributed by atoms with Gasteiger partial charge in [0.1, 0.15) is 5.75 Å². The van der Waals surface area contributed by atoms with Gasteiger partial charge in [0.25, 0.3) is 5.91 Å². The van der Waals surface area contributed by atoms with Crippen molar-refractivity contribution in [3.63, 3.8) is 0 Å². The van der Waals surface area contributed by atoms with Crippen LogP contribution in [-0.2, 0) is 6.54 Å². The lowest BCUT2D eigenvalue weighted by Gasteiger charge is -2.20. The monoisotopic (exact) mass is 366 g/mol. The van der Waals surface area contributed by atoms with Gasteiger partial charge in [-0.25, -0.2) is 9.67 Å². The van der Waals surface area contributed by atoms with Crippen molar-refractivity contribution >= 4 is 16.9 Å². The molecule has 0 radical (unpaired) electrons. The summed E-state index contributed by atoms with van der Waals surface area (Å²) in [5.74, 6) is 0.714. The first-order chi connectivity index (χ1) is 12.8. The topological polar surface area (TPSA) is 60.2 Å². The number of aryl methyl sites for hydroxylation is 2. The molecule has 0 aliphatic carbocycles. The lowest BCUT2D eigenvalue weighted by molar-refractivity contribution is 0.0783. The summed E-state index contributed by atoms with van der Waals surface area (Å²) < 4.78 is 7.30. The molecule has 6 nitrogen and oxygen atoms in total. The third kappa shape index (κ3) is 3.65. The number of benzene rings is 1. The maximum atomic E-state index is 13.1. The number of ether oxygens (including phenoxy) is 1. The maximum Gasteiger partial charge on any atom is 0.255 e. The standard InChI is InChI=1S/C21H26N4O2/c1-13(2)25-20-16(11-22-25)10-18(15(4)23-20)21(26)24(5)12-17-9-14(3)7-8-19(17)27-6/h7-11,13H,12H2,1-6H3. The smallest absolute Gasteiger partial charge is 0.255 e. The van der Waals surface area contributed by atoms with Gasteiger partial charge in [-0.05, 0) is 39.8 Å². The van der Waals surface area contributed by atoms with E-state index in [0.717, 1.165) is 27.9 Å². The molecule has 1 aromatic carbocycles. The van der Waals surface area contributed by atoms with Crippen molar-refractivity contribution in [3.8, 4) is 5.75 Å². The molecule has 0 aliphatic heterocycles. The summed E-state index contributed by atoms with van der Waals surface area (Å²) >= 11 is 0. The molecule has 0 atom stereocenters. The van der Waals surface area contributed by atoms with E-state index in [1.165, 1.54) is 0 Å². The predicted octanol–water partition coefficient (Wildman–Crippen LogP) is 3.91. The van der Waals surface area contributed by atoms with E-state index in [1.54, 1.807) is 25.3 Å². The summed E-state index contributed by atoms with van der Waals surface area (Å²) in [4.78, 5) is 19.4. The first kappa shape index (κ1) is 18.9. The van der Waals surface area contributed by atoms with Gasteiger partial charge in [0.15, 0.2) is 5.65 Å². The maximum absolute atomic E-state index is 13.1. The van der Waals surface area contributed by atoms with Gasteiger partial charge in [-0.1, -0.05) is 17.7 Å². The average molecular weight is 366 g/mol. The van der Waals surface area contributed by atoms with Crippen LogP contribution < -0.4 is 4.74 Å². The van der Waals surface area contributed by atoms with Crippen molar-refractivity contribution in [2.75, 3.05) is 14.2 Å². The minimum Gasteiger partial charge on any atom is -0.496 e. The third-order valence-corrected chi connectivity index (χ3v) is 4.67. The Morgan fingerprint density at radius 3 is 2.67 bits per heavy atom. The van der Waals surface area contributed by atoms with Crippen molar-refractivity contribution in [3.05, 3.63) is 52.8 Å². The first-order valence-electron chi connectivity index (χ1n) is 9.05. The van der Waals surface area contributed by atoms with Crippen LogP contribution in [0.2, 0.25) is 0 Å². The number of amides is 1. The van der Waals surface area contributed by atoms with Gasteiger partial charge in [0.05, 0.1) is 24.6 Å². The molecule has 0 spiro atoms. The number of carbonyl (C=O) groups is 1. The van der Waals surface area contributed by atoms with Crippen LogP contribution in [0, 0.1) is 13.8 Å². The molecule has 0 saturated heterocycles. The van der Waals surface area contributed by atoms with E-state index in [0.29, 0.717) is 17.8 Å². The molecule has 0 fully saturated rings. The van der Waals surface area contributed by atoms with E-state index in [2.05, 4.69) is 23.9 Å². The van der Waals surface area contributed by atoms with Gasteiger partial charge in [-0.2, -0.15) is 5.10 Å². The van der Waals surface area contributed by atoms with Crippen molar-refractivity contribution < 1.29 is 9.53 Å². The van der Waals surface area contributed by atoms with Gasteiger partial charge < -0.3 is 9.64 Å². The second-order valence-corrected chi connectivity index (χ2v) is 7.19. The summed E-state index contributed by atoms with van der Waals surface area (Å²) in [5, 5.41) is 5.27. The minimum atomic E-state index is -0.0669. The predicted molar refractivity (Wildman–Crippen MR) is 106 cm³/mol. The van der Waals surface area contributed by atoms with Gasteiger partial charge in [-0.3, -0.25) is 4.79 Å². The second kappa shape index (κ2) is 7.39. The molecule has 0 aliphatic rings. The Kier molecular flexibility index (Phi) is 5.17. The molecular weight excluding hydrogens is 340 g/mol. The molecule has 0 unspecified atom stereocenters. The Bertz CT molecular complexity index is 991. The molecular formula is C21H26N4O2. The number of aromatic nitrogens is 3. The average Bonchev–Trinajstić information content (AvgIpc) is 3.03. The van der Waals surface area contributed by atoms with Crippen molar-refractivity contribution in [1.29, 1.82) is 0 Å². The fourth-order valence-corrected chi connectivity index (χ4v) is 3.22. The van der Waals surface area contributed by atoms with E-state index in [1.807, 2.05) is 42.8 Å². The number of nitrogens with zero attached hydrogens (tertiary/aromatic N) is 4. The van der Waals surface area contributed by atoms with Crippen LogP contribution in [0.3, 0.4) is 0 Å². The molecule has 142 valence electrons. The van der Waals surface area contributed by atoms with Crippen LogP contribution in [0.5, 0.6) is 5.75 Å². The van der Waals surface area contributed by atoms with Crippen LogP contribution in [0.4, 0.5) is 0 Å². The zero-order valence-corrected chi connectivity index (χ0v) is 16.8. The van der Waals surface area contributed by atoms with Crippen LogP contribution in [0.15, 0.2) is 30.5 Å². The van der Waals surface area contributed by atoms with Crippen molar-refractivity contribution in [2.45, 2.75) is 40.3 Å². The van der Waals surface area contributed by atoms with Gasteiger partial charge in [0.2, 0.25) is 0 Å². The number of rotatable bonds is 5. The lowest BCUT2D eigenvalue weighted by atomic mass is 10.1. The van der Waals surface area contributed by atoms with Crippen LogP contribution in [0.25, 0.3) is 11.0 Å². The van der Waals surface area contributed by atoms with Gasteiger partial charge >= 0.3 is 0 Å². The Labute approximate surface area is 159 Å². The zero-order valence-electron chi connectivity index (χ0n) is 16.8. The largest absolute Gasteiger partial charge is 0.496 e. The van der Waals surface area contributed by atoms with E-state index in [4.69, 9.17) is 4.74 Å². The number of fused-ring (bicyclic) bond motifs is 1. The van der Waals surface area contributed by atoms with Crippen LogP contribution in [0.1, 0.15) is 47.1 Å². The second-order valence-electron chi connectivity index (χ2n) is 7.19. The molecule has 0 N–H and O–H groups in total. The molecule has 0 bridgehead atoms. The Morgan fingerprint density at radius 1 is 1.26 bits per heavy atom. The van der Waals surface area contributed by atoms with Crippen molar-refractivity contribution in [1.82, 2.24) is 19.7 Å². The highest BCUT2D eigenvalue weighted by Gasteiger charge is 2.19. The molecule has 3 aromatic rings. The first-order valence-corrected chi connectivity index (χ1v) is 9.05. The molecule has 2 aromatic heterocycles. The Hall–Kier alpha value is -2.89. The quantitative estimate of drug-likeness (QED) is 0.687. The highest BCUT2D eigenvalue weighted by atomic mass is 16.5. The number of pyridine rings is 1. The SMILES string of the molecule is COc1ccc(C)cc1CN(C)C(=O)c1cc2cnn(C(C)C)c2nc1C. The number of hydrogen-bond donors (Lipinski definition) is 0. The molecule has 2 heterocycles. The molecule has 6 heteroatoms. The van der Waals surface area contributed by atoms with Crippen molar-refractivity contribution in [2.24, 2.45) is 0 Å². The van der Waals surface area contributed by atoms with Gasteiger partial charge in [-0.15, -0.1) is 0 Å². The molecule has 3 rings (SSSR count). The summed E-state index contributed by atoms with van der Waals surface area (Å²) in [6.07, 6.45) is 1.77. The Morgan fingerprint density at radius 2 is 2.00 bits per heavy atom. The molecule has 1 amide bonds. The number of methoxy groups -OCH3 is 1. The number of carbonyl (C=O) groups excluding carboxylic acids is 1. The van der Waals surface area contributed by atoms with E-state index in [-0.39, 0.29) is 11.9 Å². The molecule has 27 heavy (non-hydrogen) atoms. The van der Waals surface area contributed by atoms with E-state index >= 15 is 0 Å². The highest BCUT2D eigenvalue weighted by Crippen LogP contribution is 2.23. The zero-order chi connectivity index (χ0) is 19.7. The van der Waals surface area contributed by atoms with Crippen LogP contribution >= 0.6 is 0 Å². The van der Waals surface area contributed by atoms with E-state index in [9.17, 15) is 4.79 Å². The van der Waals surface area contributed by atoms with Gasteiger partial charge in [0, 0.05) is 30.6 Å².